The maximum Gasteiger partial charge on any atom is 0.259 e. The van der Waals surface area contributed by atoms with Gasteiger partial charge in [-0.25, -0.2) is 9.97 Å². The molecule has 7 heteroatoms. The van der Waals surface area contributed by atoms with E-state index in [-0.39, 0.29) is 11.6 Å². The Morgan fingerprint density at radius 2 is 1.97 bits per heavy atom. The summed E-state index contributed by atoms with van der Waals surface area (Å²) in [6.07, 6.45) is 2.34. The van der Waals surface area contributed by atoms with E-state index in [0.29, 0.717) is 12.4 Å². The number of halogens is 1. The summed E-state index contributed by atoms with van der Waals surface area (Å²) in [6.45, 7) is 8.76. The van der Waals surface area contributed by atoms with Crippen molar-refractivity contribution < 1.29 is 0 Å². The maximum atomic E-state index is 13.4. The van der Waals surface area contributed by atoms with Crippen LogP contribution in [0.4, 0.5) is 5.82 Å². The average Bonchev–Trinajstić information content (AvgIpc) is 2.93. The van der Waals surface area contributed by atoms with Crippen molar-refractivity contribution in [3.8, 4) is 0 Å². The van der Waals surface area contributed by atoms with Crippen molar-refractivity contribution in [3.05, 3.63) is 61.5 Å². The molecule has 0 aliphatic carbocycles. The molecule has 150 valence electrons. The predicted octanol–water partition coefficient (Wildman–Crippen LogP) is 4.43. The molecule has 6 nitrogen and oxygen atoms in total. The summed E-state index contributed by atoms with van der Waals surface area (Å²) in [5, 5.41) is 2.65. The molecule has 1 aromatic carbocycles. The molecule has 3 aromatic heterocycles. The molecule has 0 unspecified atom stereocenters. The van der Waals surface area contributed by atoms with E-state index in [0.717, 1.165) is 48.7 Å². The highest BCUT2D eigenvalue weighted by molar-refractivity contribution is 14.1. The fourth-order valence-corrected chi connectivity index (χ4v) is 5.35. The van der Waals surface area contributed by atoms with Crippen LogP contribution in [0.3, 0.4) is 0 Å². The van der Waals surface area contributed by atoms with E-state index in [1.54, 1.807) is 0 Å². The van der Waals surface area contributed by atoms with Gasteiger partial charge in [0.05, 0.1) is 17.3 Å². The summed E-state index contributed by atoms with van der Waals surface area (Å²) in [7, 11) is 0. The number of pyridine rings is 1. The zero-order chi connectivity index (χ0) is 20.9. The van der Waals surface area contributed by atoms with Crippen LogP contribution >= 0.6 is 22.6 Å². The van der Waals surface area contributed by atoms with Gasteiger partial charge in [0, 0.05) is 21.0 Å². The Bertz CT molecular complexity index is 1300. The molecule has 0 saturated carbocycles. The molecule has 0 atom stereocenters. The number of rotatable bonds is 4. The Morgan fingerprint density at radius 1 is 1.21 bits per heavy atom. The third-order valence-electron chi connectivity index (χ3n) is 5.45. The second-order valence-corrected chi connectivity index (χ2v) is 8.68. The van der Waals surface area contributed by atoms with Gasteiger partial charge in [-0.3, -0.25) is 4.79 Å². The van der Waals surface area contributed by atoms with Crippen LogP contribution in [0, 0.1) is 10.5 Å². The van der Waals surface area contributed by atoms with Crippen molar-refractivity contribution in [1.29, 1.82) is 0 Å². The average molecular weight is 501 g/mol. The zero-order valence-corrected chi connectivity index (χ0v) is 19.2. The second kappa shape index (κ2) is 7.44. The molecular weight excluding hydrogens is 477 g/mol. The maximum absolute atomic E-state index is 13.4. The van der Waals surface area contributed by atoms with E-state index in [2.05, 4.69) is 50.1 Å². The van der Waals surface area contributed by atoms with Gasteiger partial charge in [-0.2, -0.15) is 0 Å². The van der Waals surface area contributed by atoms with Crippen molar-refractivity contribution >= 4 is 50.2 Å². The number of aryl methyl sites for hydroxylation is 1. The lowest BCUT2D eigenvalue weighted by Gasteiger charge is -2.20. The second-order valence-electron chi connectivity index (χ2n) is 7.60. The van der Waals surface area contributed by atoms with Gasteiger partial charge in [0.1, 0.15) is 17.8 Å². The minimum absolute atomic E-state index is 0.0483. The highest BCUT2D eigenvalue weighted by Crippen LogP contribution is 2.31. The van der Waals surface area contributed by atoms with Gasteiger partial charge in [0.15, 0.2) is 0 Å². The summed E-state index contributed by atoms with van der Waals surface area (Å²) < 4.78 is 5.15. The van der Waals surface area contributed by atoms with Gasteiger partial charge in [-0.15, -0.1) is 0 Å². The van der Waals surface area contributed by atoms with Crippen LogP contribution in [0.5, 0.6) is 0 Å². The van der Waals surface area contributed by atoms with Gasteiger partial charge >= 0.3 is 0 Å². The van der Waals surface area contributed by atoms with E-state index < -0.39 is 0 Å². The smallest absolute Gasteiger partial charge is 0.259 e. The summed E-state index contributed by atoms with van der Waals surface area (Å²) in [5.74, 6) is 0.489. The molecule has 0 fully saturated rings. The van der Waals surface area contributed by atoms with Gasteiger partial charge in [-0.05, 0) is 66.8 Å². The minimum Gasteiger partial charge on any atom is -0.383 e. The van der Waals surface area contributed by atoms with Gasteiger partial charge < -0.3 is 14.9 Å². The molecule has 0 bridgehead atoms. The summed E-state index contributed by atoms with van der Waals surface area (Å²) >= 11 is 2.33. The first-order chi connectivity index (χ1) is 13.8. The Balaban J connectivity index is 2.02. The molecule has 0 amide bonds. The van der Waals surface area contributed by atoms with E-state index in [4.69, 9.17) is 5.73 Å². The molecule has 0 spiro atoms. The molecular formula is C22H24IN5O. The number of nitrogen functional groups attached to an aromatic ring is 1. The fraction of sp³-hybridized carbons (Fsp3) is 0.318. The number of nitrogens with two attached hydrogens (primary N) is 1. The summed E-state index contributed by atoms with van der Waals surface area (Å²) in [5.41, 5.74) is 10.1. The minimum atomic E-state index is 0.0483. The molecule has 4 aromatic rings. The monoisotopic (exact) mass is 501 g/mol. The Morgan fingerprint density at radius 3 is 2.66 bits per heavy atom. The molecule has 3 heterocycles. The van der Waals surface area contributed by atoms with Crippen LogP contribution < -0.4 is 11.3 Å². The molecule has 0 aliphatic rings. The molecule has 0 radical (unpaired) electrons. The third-order valence-corrected chi connectivity index (χ3v) is 6.61. The Kier molecular flexibility index (Phi) is 5.10. The van der Waals surface area contributed by atoms with Crippen molar-refractivity contribution in [2.45, 2.75) is 46.7 Å². The number of benzene rings is 1. The zero-order valence-electron chi connectivity index (χ0n) is 17.0. The lowest BCUT2D eigenvalue weighted by atomic mass is 10.1. The number of hydrogen-bond acceptors (Lipinski definition) is 4. The standard InChI is InChI=1S/C22H24IN5O/c1-5-16-19(23)18-20(24)25-11-26-21(18)27(16)10-15-9-14-8-6-7-13(4)17(14)22(29)28(15)12(2)3/h6-9,11-12H,5,10H2,1-4H3,(H2,24,25,26). The normalized spacial score (nSPS) is 11.8. The number of nitrogens with zero attached hydrogens (tertiary/aromatic N) is 4. The first kappa shape index (κ1) is 19.9. The third kappa shape index (κ3) is 3.11. The molecule has 29 heavy (non-hydrogen) atoms. The molecule has 2 N–H and O–H groups in total. The van der Waals surface area contributed by atoms with Crippen LogP contribution in [0.2, 0.25) is 0 Å². The lowest BCUT2D eigenvalue weighted by Crippen LogP contribution is -2.27. The highest BCUT2D eigenvalue weighted by Gasteiger charge is 2.20. The molecule has 0 aliphatic heterocycles. The van der Waals surface area contributed by atoms with Crippen LogP contribution in [0.1, 0.15) is 43.8 Å². The topological polar surface area (TPSA) is 78.7 Å². The van der Waals surface area contributed by atoms with E-state index >= 15 is 0 Å². The number of hydrogen-bond donors (Lipinski definition) is 1. The van der Waals surface area contributed by atoms with Crippen LogP contribution in [-0.2, 0) is 13.0 Å². The van der Waals surface area contributed by atoms with Gasteiger partial charge in [0.25, 0.3) is 5.56 Å². The van der Waals surface area contributed by atoms with Crippen molar-refractivity contribution in [1.82, 2.24) is 19.1 Å². The number of aromatic nitrogens is 4. The first-order valence-electron chi connectivity index (χ1n) is 9.75. The quantitative estimate of drug-likeness (QED) is 0.420. The largest absolute Gasteiger partial charge is 0.383 e. The van der Waals surface area contributed by atoms with E-state index in [1.807, 2.05) is 43.5 Å². The van der Waals surface area contributed by atoms with Crippen LogP contribution in [0.25, 0.3) is 21.8 Å². The van der Waals surface area contributed by atoms with Crippen LogP contribution in [-0.4, -0.2) is 19.1 Å². The number of anilines is 1. The predicted molar refractivity (Wildman–Crippen MR) is 126 cm³/mol. The van der Waals surface area contributed by atoms with Crippen molar-refractivity contribution in [2.24, 2.45) is 0 Å². The Hall–Kier alpha value is -2.42. The summed E-state index contributed by atoms with van der Waals surface area (Å²) in [4.78, 5) is 22.1. The van der Waals surface area contributed by atoms with Crippen molar-refractivity contribution in [3.63, 3.8) is 0 Å². The number of fused-ring (bicyclic) bond motifs is 2. The SMILES string of the molecule is CCc1c(I)c2c(N)ncnc2n1Cc1cc2cccc(C)c2c(=O)n1C(C)C. The van der Waals surface area contributed by atoms with Crippen LogP contribution in [0.15, 0.2) is 35.4 Å². The molecule has 4 rings (SSSR count). The molecule has 0 saturated heterocycles. The van der Waals surface area contributed by atoms with Gasteiger partial charge in [0.2, 0.25) is 0 Å². The van der Waals surface area contributed by atoms with Crippen molar-refractivity contribution in [2.75, 3.05) is 5.73 Å². The first-order valence-corrected chi connectivity index (χ1v) is 10.8. The van der Waals surface area contributed by atoms with Gasteiger partial charge in [-0.1, -0.05) is 25.1 Å². The lowest BCUT2D eigenvalue weighted by molar-refractivity contribution is 0.541. The van der Waals surface area contributed by atoms with E-state index in [9.17, 15) is 4.79 Å². The Labute approximate surface area is 182 Å². The fourth-order valence-electron chi connectivity index (χ4n) is 4.16. The summed E-state index contributed by atoms with van der Waals surface area (Å²) in [6, 6.07) is 8.18. The highest BCUT2D eigenvalue weighted by atomic mass is 127. The van der Waals surface area contributed by atoms with E-state index in [1.165, 1.54) is 6.33 Å².